The molecule has 0 spiro atoms. The van der Waals surface area contributed by atoms with Crippen LogP contribution in [0.15, 0.2) is 12.2 Å². The van der Waals surface area contributed by atoms with Crippen molar-refractivity contribution in [2.24, 2.45) is 11.8 Å². The lowest BCUT2D eigenvalue weighted by molar-refractivity contribution is 0.279. The van der Waals surface area contributed by atoms with Crippen LogP contribution in [0.1, 0.15) is 59.8 Å². The van der Waals surface area contributed by atoms with Crippen molar-refractivity contribution in [2.45, 2.75) is 59.8 Å². The molecule has 0 radical (unpaired) electrons. The van der Waals surface area contributed by atoms with Crippen LogP contribution in [0.25, 0.3) is 0 Å². The zero-order valence-electron chi connectivity index (χ0n) is 8.55. The van der Waals surface area contributed by atoms with Crippen LogP contribution in [-0.2, 0) is 0 Å². The van der Waals surface area contributed by atoms with Gasteiger partial charge in [-0.1, -0.05) is 52.2 Å². The van der Waals surface area contributed by atoms with Gasteiger partial charge < -0.3 is 0 Å². The van der Waals surface area contributed by atoms with Gasteiger partial charge in [-0.05, 0) is 31.6 Å². The number of rotatable bonds is 3. The molecule has 0 unspecified atom stereocenters. The van der Waals surface area contributed by atoms with E-state index in [4.69, 9.17) is 0 Å². The third kappa shape index (κ3) is 5.13. The molecular formula is C13H26. The molecule has 0 saturated heterocycles. The van der Waals surface area contributed by atoms with Crippen LogP contribution in [0.4, 0.5) is 0 Å². The van der Waals surface area contributed by atoms with Crippen LogP contribution in [0.5, 0.6) is 0 Å². The summed E-state index contributed by atoms with van der Waals surface area (Å²) < 4.78 is 0. The molecule has 1 aliphatic rings. The van der Waals surface area contributed by atoms with Crippen LogP contribution in [-0.4, -0.2) is 0 Å². The molecule has 0 aromatic carbocycles. The van der Waals surface area contributed by atoms with Crippen molar-refractivity contribution < 1.29 is 0 Å². The lowest BCUT2D eigenvalue weighted by Gasteiger charge is -2.25. The van der Waals surface area contributed by atoms with Gasteiger partial charge >= 0.3 is 0 Å². The van der Waals surface area contributed by atoms with E-state index in [0.29, 0.717) is 0 Å². The molecule has 0 bridgehead atoms. The lowest BCUT2D eigenvalue weighted by Crippen LogP contribution is -2.11. The Hall–Kier alpha value is -0.260. The summed E-state index contributed by atoms with van der Waals surface area (Å²) in [4.78, 5) is 0. The minimum absolute atomic E-state index is 0. The van der Waals surface area contributed by atoms with E-state index < -0.39 is 0 Å². The first-order chi connectivity index (χ1) is 5.83. The third-order valence-electron chi connectivity index (χ3n) is 3.11. The Morgan fingerprint density at radius 2 is 1.77 bits per heavy atom. The van der Waals surface area contributed by atoms with Crippen molar-refractivity contribution in [3.63, 3.8) is 0 Å². The van der Waals surface area contributed by atoms with Crippen LogP contribution >= 0.6 is 0 Å². The zero-order valence-corrected chi connectivity index (χ0v) is 8.55. The van der Waals surface area contributed by atoms with Crippen LogP contribution in [0.2, 0.25) is 0 Å². The number of hydrogen-bond donors (Lipinski definition) is 0. The molecule has 0 nitrogen and oxygen atoms in total. The summed E-state index contributed by atoms with van der Waals surface area (Å²) in [5.41, 5.74) is 0. The SMILES string of the molecule is C.C/C=C/CCC1CCC(C)CC1. The van der Waals surface area contributed by atoms with Gasteiger partial charge in [0.1, 0.15) is 0 Å². The van der Waals surface area contributed by atoms with Gasteiger partial charge in [0.2, 0.25) is 0 Å². The molecule has 0 aromatic heterocycles. The highest BCUT2D eigenvalue weighted by Gasteiger charge is 2.16. The Morgan fingerprint density at radius 1 is 1.15 bits per heavy atom. The summed E-state index contributed by atoms with van der Waals surface area (Å²) >= 11 is 0. The van der Waals surface area contributed by atoms with Gasteiger partial charge in [-0.25, -0.2) is 0 Å². The summed E-state index contributed by atoms with van der Waals surface area (Å²) in [6, 6.07) is 0. The first-order valence-electron chi connectivity index (χ1n) is 5.44. The Kier molecular flexibility index (Phi) is 7.03. The van der Waals surface area contributed by atoms with Crippen LogP contribution < -0.4 is 0 Å². The fourth-order valence-corrected chi connectivity index (χ4v) is 2.12. The monoisotopic (exact) mass is 182 g/mol. The van der Waals surface area contributed by atoms with Crippen LogP contribution in [0.3, 0.4) is 0 Å². The van der Waals surface area contributed by atoms with Gasteiger partial charge in [-0.3, -0.25) is 0 Å². The molecule has 0 atom stereocenters. The quantitative estimate of drug-likeness (QED) is 0.550. The Morgan fingerprint density at radius 3 is 2.31 bits per heavy atom. The van der Waals surface area contributed by atoms with E-state index in [9.17, 15) is 0 Å². The predicted molar refractivity (Wildman–Crippen MR) is 61.9 cm³/mol. The Bertz CT molecular complexity index is 127. The minimum Gasteiger partial charge on any atom is -0.0917 e. The molecule has 78 valence electrons. The lowest BCUT2D eigenvalue weighted by atomic mass is 9.81. The normalized spacial score (nSPS) is 28.8. The Balaban J connectivity index is 0.00000144. The van der Waals surface area contributed by atoms with Gasteiger partial charge in [0, 0.05) is 0 Å². The van der Waals surface area contributed by atoms with Crippen molar-refractivity contribution in [1.82, 2.24) is 0 Å². The maximum atomic E-state index is 2.39. The number of allylic oxidation sites excluding steroid dienone is 2. The zero-order chi connectivity index (χ0) is 8.81. The second-order valence-corrected chi connectivity index (χ2v) is 4.27. The second-order valence-electron chi connectivity index (χ2n) is 4.27. The topological polar surface area (TPSA) is 0 Å². The molecule has 1 fully saturated rings. The highest BCUT2D eigenvalue weighted by molar-refractivity contribution is 4.79. The fraction of sp³-hybridized carbons (Fsp3) is 0.846. The van der Waals surface area contributed by atoms with Crippen molar-refractivity contribution in [2.75, 3.05) is 0 Å². The minimum atomic E-state index is 0. The van der Waals surface area contributed by atoms with E-state index in [1.165, 1.54) is 38.5 Å². The largest absolute Gasteiger partial charge is 0.0917 e. The molecule has 0 heterocycles. The van der Waals surface area contributed by atoms with Crippen LogP contribution in [0, 0.1) is 11.8 Å². The van der Waals surface area contributed by atoms with E-state index in [2.05, 4.69) is 26.0 Å². The first-order valence-corrected chi connectivity index (χ1v) is 5.44. The van der Waals surface area contributed by atoms with Crippen molar-refractivity contribution in [3.05, 3.63) is 12.2 Å². The third-order valence-corrected chi connectivity index (χ3v) is 3.11. The van der Waals surface area contributed by atoms with Crippen molar-refractivity contribution in [3.8, 4) is 0 Å². The second kappa shape index (κ2) is 7.17. The highest BCUT2D eigenvalue weighted by Crippen LogP contribution is 2.30. The molecule has 13 heavy (non-hydrogen) atoms. The highest BCUT2D eigenvalue weighted by atomic mass is 14.2. The summed E-state index contributed by atoms with van der Waals surface area (Å²) in [5.74, 6) is 2.04. The maximum absolute atomic E-state index is 2.39. The smallest absolute Gasteiger partial charge is 0.0348 e. The number of hydrogen-bond acceptors (Lipinski definition) is 0. The predicted octanol–water partition coefficient (Wildman–Crippen LogP) is 4.81. The average Bonchev–Trinajstić information content (AvgIpc) is 2.09. The molecular weight excluding hydrogens is 156 g/mol. The van der Waals surface area contributed by atoms with Gasteiger partial charge in [-0.15, -0.1) is 0 Å². The van der Waals surface area contributed by atoms with Crippen molar-refractivity contribution in [1.29, 1.82) is 0 Å². The summed E-state index contributed by atoms with van der Waals surface area (Å²) in [5, 5.41) is 0. The standard InChI is InChI=1S/C12H22.CH4/c1-3-4-5-6-12-9-7-11(2)8-10-12;/h3-4,11-12H,5-10H2,1-2H3;1H4/b4-3+;. The van der Waals surface area contributed by atoms with Gasteiger partial charge in [0.25, 0.3) is 0 Å². The molecule has 0 N–H and O–H groups in total. The summed E-state index contributed by atoms with van der Waals surface area (Å²) in [6.07, 6.45) is 13.1. The van der Waals surface area contributed by atoms with Gasteiger partial charge in [-0.2, -0.15) is 0 Å². The molecule has 0 heteroatoms. The molecule has 1 aliphatic carbocycles. The summed E-state index contributed by atoms with van der Waals surface area (Å²) in [6.45, 7) is 4.51. The van der Waals surface area contributed by atoms with Gasteiger partial charge in [0.05, 0.1) is 0 Å². The van der Waals surface area contributed by atoms with Gasteiger partial charge in [0.15, 0.2) is 0 Å². The van der Waals surface area contributed by atoms with E-state index in [-0.39, 0.29) is 7.43 Å². The van der Waals surface area contributed by atoms with E-state index in [1.54, 1.807) is 0 Å². The fourth-order valence-electron chi connectivity index (χ4n) is 2.12. The molecule has 0 aliphatic heterocycles. The van der Waals surface area contributed by atoms with E-state index >= 15 is 0 Å². The maximum Gasteiger partial charge on any atom is -0.0348 e. The van der Waals surface area contributed by atoms with E-state index in [0.717, 1.165) is 11.8 Å². The molecule has 1 rings (SSSR count). The van der Waals surface area contributed by atoms with E-state index in [1.807, 2.05) is 0 Å². The molecule has 0 aromatic rings. The first kappa shape index (κ1) is 12.7. The summed E-state index contributed by atoms with van der Waals surface area (Å²) in [7, 11) is 0. The molecule has 1 saturated carbocycles. The molecule has 0 amide bonds. The average molecular weight is 182 g/mol. The van der Waals surface area contributed by atoms with Crippen molar-refractivity contribution >= 4 is 0 Å². The Labute approximate surface area is 84.4 Å².